The Kier molecular flexibility index (Phi) is 6.97. The van der Waals surface area contributed by atoms with E-state index in [2.05, 4.69) is 10.6 Å². The van der Waals surface area contributed by atoms with Crippen LogP contribution in [0.15, 0.2) is 24.3 Å². The molecule has 0 saturated carbocycles. The highest BCUT2D eigenvalue weighted by molar-refractivity contribution is 5.78. The Labute approximate surface area is 115 Å². The second-order valence-electron chi connectivity index (χ2n) is 4.72. The number of nitrogens with one attached hydrogen (secondary N) is 2. The Hall–Kier alpha value is -1.55. The second kappa shape index (κ2) is 8.53. The van der Waals surface area contributed by atoms with Gasteiger partial charge < -0.3 is 15.4 Å². The number of hydrogen-bond donors (Lipinski definition) is 2. The summed E-state index contributed by atoms with van der Waals surface area (Å²) in [5.41, 5.74) is 1.18. The fourth-order valence-corrected chi connectivity index (χ4v) is 1.58. The highest BCUT2D eigenvalue weighted by Crippen LogP contribution is 2.11. The van der Waals surface area contributed by atoms with Crippen LogP contribution in [0.4, 0.5) is 0 Å². The van der Waals surface area contributed by atoms with Crippen LogP contribution in [0.1, 0.15) is 25.8 Å². The van der Waals surface area contributed by atoms with Gasteiger partial charge in [-0.25, -0.2) is 0 Å². The van der Waals surface area contributed by atoms with Crippen molar-refractivity contribution in [3.8, 4) is 5.75 Å². The first-order chi connectivity index (χ1) is 9.11. The molecule has 19 heavy (non-hydrogen) atoms. The van der Waals surface area contributed by atoms with Crippen LogP contribution in [0.5, 0.6) is 5.75 Å². The van der Waals surface area contributed by atoms with Crippen LogP contribution in [0, 0.1) is 6.92 Å². The maximum atomic E-state index is 11.5. The molecule has 0 heterocycles. The zero-order valence-corrected chi connectivity index (χ0v) is 12.0. The van der Waals surface area contributed by atoms with Crippen LogP contribution in [0.3, 0.4) is 0 Å². The van der Waals surface area contributed by atoms with E-state index in [1.54, 1.807) is 0 Å². The van der Waals surface area contributed by atoms with Crippen molar-refractivity contribution in [2.24, 2.45) is 0 Å². The van der Waals surface area contributed by atoms with E-state index in [4.69, 9.17) is 4.74 Å². The maximum Gasteiger partial charge on any atom is 0.234 e. The monoisotopic (exact) mass is 264 g/mol. The Morgan fingerprint density at radius 3 is 2.89 bits per heavy atom. The van der Waals surface area contributed by atoms with Crippen LogP contribution < -0.4 is 15.4 Å². The molecule has 1 aromatic rings. The molecular weight excluding hydrogens is 240 g/mol. The first-order valence-electron chi connectivity index (χ1n) is 6.81. The van der Waals surface area contributed by atoms with Gasteiger partial charge in [-0.15, -0.1) is 0 Å². The number of hydrogen-bond acceptors (Lipinski definition) is 3. The van der Waals surface area contributed by atoms with Gasteiger partial charge in [-0.05, 0) is 38.0 Å². The third kappa shape index (κ3) is 6.82. The lowest BCUT2D eigenvalue weighted by atomic mass is 10.2. The molecule has 4 nitrogen and oxygen atoms in total. The van der Waals surface area contributed by atoms with Gasteiger partial charge in [0.1, 0.15) is 12.4 Å². The van der Waals surface area contributed by atoms with Crippen molar-refractivity contribution in [3.05, 3.63) is 29.8 Å². The van der Waals surface area contributed by atoms with Gasteiger partial charge in [0, 0.05) is 12.6 Å². The van der Waals surface area contributed by atoms with Gasteiger partial charge >= 0.3 is 0 Å². The van der Waals surface area contributed by atoms with Crippen LogP contribution >= 0.6 is 0 Å². The molecule has 0 saturated heterocycles. The third-order valence-corrected chi connectivity index (χ3v) is 2.84. The molecule has 0 aliphatic carbocycles. The molecule has 106 valence electrons. The molecule has 0 fully saturated rings. The molecule has 0 radical (unpaired) electrons. The summed E-state index contributed by atoms with van der Waals surface area (Å²) in [5, 5.41) is 5.97. The molecule has 4 heteroatoms. The molecule has 0 bridgehead atoms. The van der Waals surface area contributed by atoms with Gasteiger partial charge in [0.15, 0.2) is 0 Å². The highest BCUT2D eigenvalue weighted by atomic mass is 16.5. The van der Waals surface area contributed by atoms with E-state index in [9.17, 15) is 4.79 Å². The fourth-order valence-electron chi connectivity index (χ4n) is 1.58. The Morgan fingerprint density at radius 2 is 2.21 bits per heavy atom. The van der Waals surface area contributed by atoms with Crippen LogP contribution in [0.25, 0.3) is 0 Å². The molecule has 0 spiro atoms. The van der Waals surface area contributed by atoms with Gasteiger partial charge in [0.05, 0.1) is 6.54 Å². The molecule has 0 aromatic heterocycles. The molecule has 1 aromatic carbocycles. The van der Waals surface area contributed by atoms with Gasteiger partial charge in [-0.1, -0.05) is 19.1 Å². The Balaban J connectivity index is 2.10. The summed E-state index contributed by atoms with van der Waals surface area (Å²) in [6, 6.07) is 8.16. The predicted molar refractivity (Wildman–Crippen MR) is 77.4 cm³/mol. The van der Waals surface area contributed by atoms with Crippen molar-refractivity contribution in [1.82, 2.24) is 10.6 Å². The molecule has 0 aliphatic heterocycles. The van der Waals surface area contributed by atoms with Crippen molar-refractivity contribution in [3.63, 3.8) is 0 Å². The lowest BCUT2D eigenvalue weighted by molar-refractivity contribution is -0.120. The number of rotatable bonds is 8. The van der Waals surface area contributed by atoms with Crippen molar-refractivity contribution < 1.29 is 9.53 Å². The van der Waals surface area contributed by atoms with Crippen molar-refractivity contribution in [2.45, 2.75) is 33.2 Å². The minimum Gasteiger partial charge on any atom is -0.492 e. The minimum atomic E-state index is 0.0323. The maximum absolute atomic E-state index is 11.5. The van der Waals surface area contributed by atoms with E-state index in [-0.39, 0.29) is 11.9 Å². The highest BCUT2D eigenvalue weighted by Gasteiger charge is 2.04. The van der Waals surface area contributed by atoms with E-state index >= 15 is 0 Å². The number of carbonyl (C=O) groups excluding carboxylic acids is 1. The van der Waals surface area contributed by atoms with Gasteiger partial charge in [0.25, 0.3) is 0 Å². The number of ether oxygens (including phenoxy) is 1. The van der Waals surface area contributed by atoms with Crippen LogP contribution in [0.2, 0.25) is 0 Å². The minimum absolute atomic E-state index is 0.0323. The standard InChI is InChI=1S/C15H24N2O2/c1-4-13(3)17-15(18)11-16-8-9-19-14-7-5-6-12(2)10-14/h5-7,10,13,16H,4,8-9,11H2,1-3H3,(H,17,18). The van der Waals surface area contributed by atoms with E-state index in [1.165, 1.54) is 5.56 Å². The number of carbonyl (C=O) groups is 1. The SMILES string of the molecule is CCC(C)NC(=O)CNCCOc1cccc(C)c1. The molecule has 0 aliphatic rings. The van der Waals surface area contributed by atoms with Crippen molar-refractivity contribution in [1.29, 1.82) is 0 Å². The summed E-state index contributed by atoms with van der Waals surface area (Å²) in [6.07, 6.45) is 0.947. The number of benzene rings is 1. The second-order valence-corrected chi connectivity index (χ2v) is 4.72. The smallest absolute Gasteiger partial charge is 0.234 e. The number of aryl methyl sites for hydroxylation is 1. The lowest BCUT2D eigenvalue weighted by Gasteiger charge is -2.12. The zero-order chi connectivity index (χ0) is 14.1. The van der Waals surface area contributed by atoms with Crippen molar-refractivity contribution >= 4 is 5.91 Å². The lowest BCUT2D eigenvalue weighted by Crippen LogP contribution is -2.39. The summed E-state index contributed by atoms with van der Waals surface area (Å²) in [5.74, 6) is 0.899. The number of amides is 1. The first kappa shape index (κ1) is 15.5. The molecular formula is C15H24N2O2. The van der Waals surface area contributed by atoms with Crippen LogP contribution in [-0.2, 0) is 4.79 Å². The summed E-state index contributed by atoms with van der Waals surface area (Å²) in [7, 11) is 0. The molecule has 1 unspecified atom stereocenters. The topological polar surface area (TPSA) is 50.4 Å². The van der Waals surface area contributed by atoms with E-state index in [0.717, 1.165) is 12.2 Å². The van der Waals surface area contributed by atoms with Crippen molar-refractivity contribution in [2.75, 3.05) is 19.7 Å². The van der Waals surface area contributed by atoms with Gasteiger partial charge in [-0.3, -0.25) is 4.79 Å². The summed E-state index contributed by atoms with van der Waals surface area (Å²) in [6.45, 7) is 7.63. The Morgan fingerprint density at radius 1 is 1.42 bits per heavy atom. The normalized spacial score (nSPS) is 11.9. The van der Waals surface area contributed by atoms with E-state index in [0.29, 0.717) is 19.7 Å². The Bertz CT molecular complexity index is 393. The van der Waals surface area contributed by atoms with E-state index < -0.39 is 0 Å². The van der Waals surface area contributed by atoms with Crippen LogP contribution in [-0.4, -0.2) is 31.6 Å². The first-order valence-corrected chi connectivity index (χ1v) is 6.81. The summed E-state index contributed by atoms with van der Waals surface area (Å²) >= 11 is 0. The predicted octanol–water partition coefficient (Wildman–Crippen LogP) is 1.88. The van der Waals surface area contributed by atoms with Gasteiger partial charge in [-0.2, -0.15) is 0 Å². The zero-order valence-electron chi connectivity index (χ0n) is 12.0. The quantitative estimate of drug-likeness (QED) is 0.705. The fraction of sp³-hybridized carbons (Fsp3) is 0.533. The van der Waals surface area contributed by atoms with Gasteiger partial charge in [0.2, 0.25) is 5.91 Å². The molecule has 1 amide bonds. The van der Waals surface area contributed by atoms with E-state index in [1.807, 2.05) is 45.0 Å². The average molecular weight is 264 g/mol. The summed E-state index contributed by atoms with van der Waals surface area (Å²) < 4.78 is 5.58. The average Bonchev–Trinajstić information content (AvgIpc) is 2.38. The largest absolute Gasteiger partial charge is 0.492 e. The molecule has 1 rings (SSSR count). The summed E-state index contributed by atoms with van der Waals surface area (Å²) in [4.78, 5) is 11.5. The molecule has 1 atom stereocenters. The molecule has 2 N–H and O–H groups in total. The third-order valence-electron chi connectivity index (χ3n) is 2.84.